The van der Waals surface area contributed by atoms with E-state index in [1.54, 1.807) is 11.9 Å². The standard InChI is InChI=1S/C18H27NO4S/c1-13-11-16(13)17-8-7-14(23-17)12-19(2)18(20)9-10-24(21,22)15-5-3-4-6-15/h7-8,13,15-16H,3-6,9-12H2,1-2H3. The second-order valence-electron chi connectivity index (χ2n) is 7.40. The van der Waals surface area contributed by atoms with Gasteiger partial charge in [0.2, 0.25) is 5.91 Å². The zero-order chi connectivity index (χ0) is 17.3. The number of hydrogen-bond donors (Lipinski definition) is 0. The fourth-order valence-corrected chi connectivity index (χ4v) is 5.40. The molecule has 2 unspecified atom stereocenters. The predicted octanol–water partition coefficient (Wildman–Crippen LogP) is 3.11. The van der Waals surface area contributed by atoms with Crippen LogP contribution in [-0.2, 0) is 21.2 Å². The molecule has 0 aromatic carbocycles. The minimum atomic E-state index is -3.14. The van der Waals surface area contributed by atoms with Crippen LogP contribution in [0.3, 0.4) is 0 Å². The highest BCUT2D eigenvalue weighted by Gasteiger charge is 2.36. The summed E-state index contributed by atoms with van der Waals surface area (Å²) in [4.78, 5) is 13.8. The second kappa shape index (κ2) is 6.90. The zero-order valence-corrected chi connectivity index (χ0v) is 15.3. The van der Waals surface area contributed by atoms with Crippen LogP contribution in [0.15, 0.2) is 16.5 Å². The Morgan fingerprint density at radius 3 is 2.58 bits per heavy atom. The molecule has 0 spiro atoms. The van der Waals surface area contributed by atoms with Gasteiger partial charge in [0.15, 0.2) is 9.84 Å². The number of sulfone groups is 1. The van der Waals surface area contributed by atoms with E-state index < -0.39 is 9.84 Å². The normalized spacial score (nSPS) is 24.2. The van der Waals surface area contributed by atoms with Crippen LogP contribution in [0.1, 0.15) is 62.9 Å². The third-order valence-electron chi connectivity index (χ3n) is 5.39. The third-order valence-corrected chi connectivity index (χ3v) is 7.65. The van der Waals surface area contributed by atoms with Gasteiger partial charge in [0.25, 0.3) is 0 Å². The highest BCUT2D eigenvalue weighted by atomic mass is 32.2. The van der Waals surface area contributed by atoms with E-state index in [-0.39, 0.29) is 23.3 Å². The van der Waals surface area contributed by atoms with Gasteiger partial charge in [-0.25, -0.2) is 8.42 Å². The monoisotopic (exact) mass is 353 g/mol. The minimum absolute atomic E-state index is 0.0379. The van der Waals surface area contributed by atoms with Gasteiger partial charge in [-0.1, -0.05) is 19.8 Å². The predicted molar refractivity (Wildman–Crippen MR) is 92.4 cm³/mol. The van der Waals surface area contributed by atoms with Crippen LogP contribution in [0.4, 0.5) is 0 Å². The van der Waals surface area contributed by atoms with Crippen molar-refractivity contribution in [2.75, 3.05) is 12.8 Å². The van der Waals surface area contributed by atoms with Gasteiger partial charge < -0.3 is 9.32 Å². The maximum absolute atomic E-state index is 12.2. The van der Waals surface area contributed by atoms with Crippen molar-refractivity contribution in [3.8, 4) is 0 Å². The van der Waals surface area contributed by atoms with Gasteiger partial charge in [-0.2, -0.15) is 0 Å². The van der Waals surface area contributed by atoms with Crippen molar-refractivity contribution >= 4 is 15.7 Å². The van der Waals surface area contributed by atoms with Crippen LogP contribution in [-0.4, -0.2) is 37.3 Å². The Hall–Kier alpha value is -1.30. The van der Waals surface area contributed by atoms with E-state index in [0.717, 1.165) is 37.2 Å². The lowest BCUT2D eigenvalue weighted by atomic mass is 10.3. The molecule has 6 heteroatoms. The van der Waals surface area contributed by atoms with Crippen LogP contribution >= 0.6 is 0 Å². The number of carbonyl (C=O) groups excluding carboxylic acids is 1. The summed E-state index contributed by atoms with van der Waals surface area (Å²) in [6.07, 6.45) is 4.70. The lowest BCUT2D eigenvalue weighted by molar-refractivity contribution is -0.130. The number of furan rings is 1. The molecule has 0 N–H and O–H groups in total. The first kappa shape index (κ1) is 17.5. The quantitative estimate of drug-likeness (QED) is 0.755. The summed E-state index contributed by atoms with van der Waals surface area (Å²) < 4.78 is 30.3. The highest BCUT2D eigenvalue weighted by molar-refractivity contribution is 7.92. The maximum atomic E-state index is 12.2. The number of amides is 1. The van der Waals surface area contributed by atoms with Gasteiger partial charge in [0.05, 0.1) is 17.5 Å². The molecule has 0 radical (unpaired) electrons. The van der Waals surface area contributed by atoms with Crippen LogP contribution in [0.2, 0.25) is 0 Å². The average molecular weight is 353 g/mol. The molecule has 0 bridgehead atoms. The summed E-state index contributed by atoms with van der Waals surface area (Å²) in [5, 5.41) is -0.233. The van der Waals surface area contributed by atoms with E-state index in [1.807, 2.05) is 12.1 Å². The lowest BCUT2D eigenvalue weighted by Crippen LogP contribution is -2.30. The zero-order valence-electron chi connectivity index (χ0n) is 14.5. The molecule has 134 valence electrons. The van der Waals surface area contributed by atoms with Gasteiger partial charge in [-0.3, -0.25) is 4.79 Å². The molecular weight excluding hydrogens is 326 g/mol. The number of hydrogen-bond acceptors (Lipinski definition) is 4. The van der Waals surface area contributed by atoms with Gasteiger partial charge in [-0.05, 0) is 37.3 Å². The fourth-order valence-electron chi connectivity index (χ4n) is 3.55. The topological polar surface area (TPSA) is 67.6 Å². The molecule has 0 aliphatic heterocycles. The van der Waals surface area contributed by atoms with Gasteiger partial charge in [0, 0.05) is 19.4 Å². The smallest absolute Gasteiger partial charge is 0.223 e. The minimum Gasteiger partial charge on any atom is -0.464 e. The first-order valence-electron chi connectivity index (χ1n) is 8.91. The Kier molecular flexibility index (Phi) is 5.04. The van der Waals surface area contributed by atoms with E-state index in [1.165, 1.54) is 6.42 Å². The molecule has 2 aliphatic carbocycles. The van der Waals surface area contributed by atoms with Crippen molar-refractivity contribution in [2.24, 2.45) is 5.92 Å². The largest absolute Gasteiger partial charge is 0.464 e. The van der Waals surface area contributed by atoms with Gasteiger partial charge in [-0.15, -0.1) is 0 Å². The number of carbonyl (C=O) groups is 1. The van der Waals surface area contributed by atoms with E-state index in [0.29, 0.717) is 18.4 Å². The second-order valence-corrected chi connectivity index (χ2v) is 9.80. The highest BCUT2D eigenvalue weighted by Crippen LogP contribution is 2.47. The summed E-state index contributed by atoms with van der Waals surface area (Å²) in [7, 11) is -1.44. The van der Waals surface area contributed by atoms with Crippen LogP contribution in [0, 0.1) is 5.92 Å². The van der Waals surface area contributed by atoms with Gasteiger partial charge in [0.1, 0.15) is 11.5 Å². The van der Waals surface area contributed by atoms with E-state index >= 15 is 0 Å². The van der Waals surface area contributed by atoms with Crippen molar-refractivity contribution in [3.63, 3.8) is 0 Å². The summed E-state index contributed by atoms with van der Waals surface area (Å²) in [6, 6.07) is 3.91. The van der Waals surface area contributed by atoms with E-state index in [9.17, 15) is 13.2 Å². The molecule has 5 nitrogen and oxygen atoms in total. The van der Waals surface area contributed by atoms with Crippen molar-refractivity contribution < 1.29 is 17.6 Å². The number of rotatable bonds is 7. The van der Waals surface area contributed by atoms with Crippen LogP contribution in [0.5, 0.6) is 0 Å². The van der Waals surface area contributed by atoms with E-state index in [4.69, 9.17) is 4.42 Å². The average Bonchev–Trinajstić information content (AvgIpc) is 3.01. The van der Waals surface area contributed by atoms with Gasteiger partial charge >= 0.3 is 0 Å². The van der Waals surface area contributed by atoms with Crippen LogP contribution < -0.4 is 0 Å². The Balaban J connectivity index is 1.48. The third kappa shape index (κ3) is 4.02. The molecule has 2 saturated carbocycles. The Morgan fingerprint density at radius 1 is 1.29 bits per heavy atom. The first-order valence-corrected chi connectivity index (χ1v) is 10.6. The van der Waals surface area contributed by atoms with Crippen molar-refractivity contribution in [1.82, 2.24) is 4.90 Å². The van der Waals surface area contributed by atoms with Crippen molar-refractivity contribution in [2.45, 2.75) is 63.2 Å². The summed E-state index contributed by atoms with van der Waals surface area (Å²) in [6.45, 7) is 2.59. The fraction of sp³-hybridized carbons (Fsp3) is 0.722. The Bertz CT molecular complexity index is 688. The molecule has 1 heterocycles. The van der Waals surface area contributed by atoms with Crippen molar-refractivity contribution in [3.05, 3.63) is 23.7 Å². The SMILES string of the molecule is CC1CC1c1ccc(CN(C)C(=O)CCS(=O)(=O)C2CCCC2)o1. The molecule has 24 heavy (non-hydrogen) atoms. The molecule has 1 aromatic rings. The molecule has 0 saturated heterocycles. The lowest BCUT2D eigenvalue weighted by Gasteiger charge is -2.17. The Labute approximate surface area is 144 Å². The Morgan fingerprint density at radius 2 is 1.96 bits per heavy atom. The summed E-state index contributed by atoms with van der Waals surface area (Å²) >= 11 is 0. The van der Waals surface area contributed by atoms with Crippen LogP contribution in [0.25, 0.3) is 0 Å². The molecule has 1 amide bonds. The molecule has 2 aliphatic rings. The summed E-state index contributed by atoms with van der Waals surface area (Å²) in [5.41, 5.74) is 0. The van der Waals surface area contributed by atoms with E-state index in [2.05, 4.69) is 6.92 Å². The molecular formula is C18H27NO4S. The van der Waals surface area contributed by atoms with Crippen molar-refractivity contribution in [1.29, 1.82) is 0 Å². The molecule has 2 atom stereocenters. The number of nitrogens with zero attached hydrogens (tertiary/aromatic N) is 1. The first-order chi connectivity index (χ1) is 11.4. The molecule has 2 fully saturated rings. The maximum Gasteiger partial charge on any atom is 0.223 e. The molecule has 3 rings (SSSR count). The summed E-state index contributed by atoms with van der Waals surface area (Å²) in [5.74, 6) is 2.79. The molecule has 1 aromatic heterocycles.